The Hall–Kier alpha value is -2.89. The predicted molar refractivity (Wildman–Crippen MR) is 83.3 cm³/mol. The normalized spacial score (nSPS) is 10.6. The number of hydrogen-bond donors (Lipinski definition) is 3. The molecule has 2 aromatic carbocycles. The molecule has 3 rings (SSSR count). The van der Waals surface area contributed by atoms with Crippen LogP contribution >= 0.6 is 0 Å². The lowest BCUT2D eigenvalue weighted by molar-refractivity contribution is 0.395. The highest BCUT2D eigenvalue weighted by Crippen LogP contribution is 2.34. The number of methoxy groups -OCH3 is 2. The minimum Gasteiger partial charge on any atom is -0.497 e. The first-order valence-corrected chi connectivity index (χ1v) is 6.43. The Kier molecular flexibility index (Phi) is 3.27. The molecule has 0 radical (unpaired) electrons. The van der Waals surface area contributed by atoms with Crippen LogP contribution in [-0.2, 0) is 0 Å². The summed E-state index contributed by atoms with van der Waals surface area (Å²) in [7, 11) is 3.23. The third-order valence-corrected chi connectivity index (χ3v) is 3.29. The van der Waals surface area contributed by atoms with Crippen molar-refractivity contribution in [3.05, 3.63) is 36.5 Å². The van der Waals surface area contributed by atoms with Gasteiger partial charge in [0.25, 0.3) is 0 Å². The van der Waals surface area contributed by atoms with Crippen LogP contribution in [0.2, 0.25) is 0 Å². The van der Waals surface area contributed by atoms with Crippen molar-refractivity contribution in [2.45, 2.75) is 0 Å². The van der Waals surface area contributed by atoms with Crippen LogP contribution in [0.5, 0.6) is 11.5 Å². The summed E-state index contributed by atoms with van der Waals surface area (Å²) in [6, 6.07) is 9.34. The van der Waals surface area contributed by atoms with E-state index in [9.17, 15) is 0 Å². The van der Waals surface area contributed by atoms with E-state index in [2.05, 4.69) is 15.5 Å². The topological polar surface area (TPSA) is 85.2 Å². The SMILES string of the molecule is COc1ccc(Nc2cc3[nH]ncc3cc2N)c(OC)c1. The van der Waals surface area contributed by atoms with Crippen molar-refractivity contribution in [3.63, 3.8) is 0 Å². The predicted octanol–water partition coefficient (Wildman–Crippen LogP) is 2.91. The number of rotatable bonds is 4. The van der Waals surface area contributed by atoms with Gasteiger partial charge in [-0.05, 0) is 24.3 Å². The van der Waals surface area contributed by atoms with Gasteiger partial charge >= 0.3 is 0 Å². The number of nitrogens with one attached hydrogen (secondary N) is 2. The smallest absolute Gasteiger partial charge is 0.145 e. The van der Waals surface area contributed by atoms with Gasteiger partial charge in [-0.15, -0.1) is 0 Å². The number of aromatic amines is 1. The summed E-state index contributed by atoms with van der Waals surface area (Å²) in [5.41, 5.74) is 9.22. The molecule has 0 amide bonds. The lowest BCUT2D eigenvalue weighted by Crippen LogP contribution is -1.99. The maximum Gasteiger partial charge on any atom is 0.145 e. The van der Waals surface area contributed by atoms with Crippen LogP contribution in [0.1, 0.15) is 0 Å². The molecule has 0 fully saturated rings. The number of hydrogen-bond acceptors (Lipinski definition) is 5. The Labute approximate surface area is 121 Å². The van der Waals surface area contributed by atoms with E-state index in [0.29, 0.717) is 11.4 Å². The van der Waals surface area contributed by atoms with Crippen molar-refractivity contribution < 1.29 is 9.47 Å². The molecule has 6 heteroatoms. The summed E-state index contributed by atoms with van der Waals surface area (Å²) in [6.07, 6.45) is 1.74. The third-order valence-electron chi connectivity index (χ3n) is 3.29. The van der Waals surface area contributed by atoms with E-state index in [1.807, 2.05) is 30.3 Å². The first-order valence-electron chi connectivity index (χ1n) is 6.43. The van der Waals surface area contributed by atoms with Crippen molar-refractivity contribution in [1.82, 2.24) is 10.2 Å². The first kappa shape index (κ1) is 13.1. The first-order chi connectivity index (χ1) is 10.2. The second-order valence-electron chi connectivity index (χ2n) is 4.59. The number of nitrogens with zero attached hydrogens (tertiary/aromatic N) is 1. The van der Waals surface area contributed by atoms with Gasteiger partial charge in [0.15, 0.2) is 0 Å². The molecule has 6 nitrogen and oxygen atoms in total. The Morgan fingerprint density at radius 1 is 1.10 bits per heavy atom. The number of benzene rings is 2. The monoisotopic (exact) mass is 284 g/mol. The van der Waals surface area contributed by atoms with Gasteiger partial charge in [-0.3, -0.25) is 5.10 Å². The van der Waals surface area contributed by atoms with E-state index in [0.717, 1.165) is 28.0 Å². The minimum atomic E-state index is 0.641. The van der Waals surface area contributed by atoms with E-state index in [4.69, 9.17) is 15.2 Å². The van der Waals surface area contributed by atoms with Crippen LogP contribution < -0.4 is 20.5 Å². The standard InChI is InChI=1S/C15H16N4O2/c1-20-10-3-4-12(15(6-10)21-2)18-14-7-13-9(5-11(14)16)8-17-19-13/h3-8,18H,16H2,1-2H3,(H,17,19). The molecule has 3 aromatic rings. The van der Waals surface area contributed by atoms with Crippen LogP contribution in [0.15, 0.2) is 36.5 Å². The van der Waals surface area contributed by atoms with Crippen molar-refractivity contribution >= 4 is 28.0 Å². The molecule has 4 N–H and O–H groups in total. The van der Waals surface area contributed by atoms with Gasteiger partial charge in [-0.25, -0.2) is 0 Å². The van der Waals surface area contributed by atoms with Crippen LogP contribution in [0.25, 0.3) is 10.9 Å². The van der Waals surface area contributed by atoms with E-state index in [1.54, 1.807) is 20.4 Å². The minimum absolute atomic E-state index is 0.641. The quantitative estimate of drug-likeness (QED) is 0.641. The molecule has 0 aliphatic rings. The van der Waals surface area contributed by atoms with Gasteiger partial charge in [-0.1, -0.05) is 0 Å². The van der Waals surface area contributed by atoms with Crippen LogP contribution in [-0.4, -0.2) is 24.4 Å². The zero-order valence-electron chi connectivity index (χ0n) is 11.8. The van der Waals surface area contributed by atoms with Crippen molar-refractivity contribution in [1.29, 1.82) is 0 Å². The highest BCUT2D eigenvalue weighted by molar-refractivity contribution is 5.90. The van der Waals surface area contributed by atoms with Gasteiger partial charge in [0.2, 0.25) is 0 Å². The lowest BCUT2D eigenvalue weighted by Gasteiger charge is -2.14. The highest BCUT2D eigenvalue weighted by atomic mass is 16.5. The number of nitrogen functional groups attached to an aromatic ring is 1. The number of ether oxygens (including phenoxy) is 2. The number of nitrogens with two attached hydrogens (primary N) is 1. The van der Waals surface area contributed by atoms with Gasteiger partial charge in [-0.2, -0.15) is 5.10 Å². The molecule has 21 heavy (non-hydrogen) atoms. The number of aromatic nitrogens is 2. The van der Waals surface area contributed by atoms with Crippen molar-refractivity contribution in [3.8, 4) is 11.5 Å². The van der Waals surface area contributed by atoms with E-state index in [-0.39, 0.29) is 0 Å². The zero-order chi connectivity index (χ0) is 14.8. The summed E-state index contributed by atoms with van der Waals surface area (Å²) in [5.74, 6) is 1.41. The molecule has 0 saturated carbocycles. The van der Waals surface area contributed by atoms with Crippen LogP contribution in [0.4, 0.5) is 17.1 Å². The summed E-state index contributed by atoms with van der Waals surface area (Å²) >= 11 is 0. The van der Waals surface area contributed by atoms with Gasteiger partial charge in [0.05, 0.1) is 43.0 Å². The van der Waals surface area contributed by atoms with E-state index >= 15 is 0 Å². The summed E-state index contributed by atoms with van der Waals surface area (Å²) in [4.78, 5) is 0. The fourth-order valence-electron chi connectivity index (χ4n) is 2.16. The highest BCUT2D eigenvalue weighted by Gasteiger charge is 2.09. The molecular formula is C15H16N4O2. The van der Waals surface area contributed by atoms with E-state index in [1.165, 1.54) is 0 Å². The Balaban J connectivity index is 1.99. The summed E-state index contributed by atoms with van der Waals surface area (Å²) in [5, 5.41) is 11.2. The average Bonchev–Trinajstić information content (AvgIpc) is 2.95. The van der Waals surface area contributed by atoms with E-state index < -0.39 is 0 Å². The number of anilines is 3. The lowest BCUT2D eigenvalue weighted by atomic mass is 10.2. The van der Waals surface area contributed by atoms with Gasteiger partial charge in [0.1, 0.15) is 11.5 Å². The maximum absolute atomic E-state index is 6.07. The largest absolute Gasteiger partial charge is 0.497 e. The Bertz CT molecular complexity index is 782. The van der Waals surface area contributed by atoms with Gasteiger partial charge < -0.3 is 20.5 Å². The second kappa shape index (κ2) is 5.24. The van der Waals surface area contributed by atoms with Gasteiger partial charge in [0, 0.05) is 11.5 Å². The number of H-pyrrole nitrogens is 1. The summed E-state index contributed by atoms with van der Waals surface area (Å²) in [6.45, 7) is 0. The third kappa shape index (κ3) is 2.43. The zero-order valence-corrected chi connectivity index (χ0v) is 11.8. The maximum atomic E-state index is 6.07. The fourth-order valence-corrected chi connectivity index (χ4v) is 2.16. The fraction of sp³-hybridized carbons (Fsp3) is 0.133. The molecule has 0 atom stereocenters. The molecule has 0 spiro atoms. The van der Waals surface area contributed by atoms with Crippen LogP contribution in [0, 0.1) is 0 Å². The second-order valence-corrected chi connectivity index (χ2v) is 4.59. The van der Waals surface area contributed by atoms with Crippen molar-refractivity contribution in [2.24, 2.45) is 0 Å². The molecule has 1 aromatic heterocycles. The average molecular weight is 284 g/mol. The molecule has 0 aliphatic carbocycles. The number of fused-ring (bicyclic) bond motifs is 1. The van der Waals surface area contributed by atoms with Crippen molar-refractivity contribution in [2.75, 3.05) is 25.3 Å². The Morgan fingerprint density at radius 3 is 2.71 bits per heavy atom. The van der Waals surface area contributed by atoms with Crippen LogP contribution in [0.3, 0.4) is 0 Å². The molecule has 0 bridgehead atoms. The molecule has 108 valence electrons. The molecular weight excluding hydrogens is 268 g/mol. The molecule has 0 aliphatic heterocycles. The molecule has 0 saturated heterocycles. The summed E-state index contributed by atoms with van der Waals surface area (Å²) < 4.78 is 10.6. The molecule has 0 unspecified atom stereocenters. The molecule has 1 heterocycles. The Morgan fingerprint density at radius 2 is 1.95 bits per heavy atom.